The van der Waals surface area contributed by atoms with Gasteiger partial charge in [-0.3, -0.25) is 9.69 Å². The number of fused-ring (bicyclic) bond motifs is 5. The highest BCUT2D eigenvalue weighted by atomic mass is 16.5. The molecule has 3 fully saturated rings. The Labute approximate surface area is 171 Å². The molecular weight excluding hydrogens is 368 g/mol. The second-order valence-electron chi connectivity index (χ2n) is 8.86. The number of ether oxygens (including phenoxy) is 2. The van der Waals surface area contributed by atoms with E-state index < -0.39 is 0 Å². The number of rotatable bonds is 3. The first kappa shape index (κ1) is 18.8. The van der Waals surface area contributed by atoms with Gasteiger partial charge in [0, 0.05) is 36.6 Å². The lowest BCUT2D eigenvalue weighted by Gasteiger charge is -2.52. The molecule has 0 radical (unpaired) electrons. The van der Waals surface area contributed by atoms with E-state index in [0.29, 0.717) is 40.7 Å². The summed E-state index contributed by atoms with van der Waals surface area (Å²) in [7, 11) is 3.20. The first-order valence-corrected chi connectivity index (χ1v) is 10.8. The van der Waals surface area contributed by atoms with Crippen molar-refractivity contribution in [2.75, 3.05) is 40.4 Å². The maximum absolute atomic E-state index is 13.5. The molecule has 0 saturated carbocycles. The van der Waals surface area contributed by atoms with E-state index >= 15 is 0 Å². The van der Waals surface area contributed by atoms with Crippen molar-refractivity contribution >= 4 is 16.9 Å². The standard InChI is InChI=1S/C23H30N2O4/c1-14-17-7-8-19(27-2)22(28-3)21(17)29-20(14)23(26)25-12-15-10-16(13-25)18-6-4-5-9-24(18)11-15/h7-8,15-16,18H,4-6,9-13H2,1-3H3/t15-,16-,18+/m1/s1. The molecule has 0 unspecified atom stereocenters. The van der Waals surface area contributed by atoms with Gasteiger partial charge in [0.05, 0.1) is 14.2 Å². The first-order chi connectivity index (χ1) is 14.1. The van der Waals surface area contributed by atoms with E-state index in [-0.39, 0.29) is 5.91 Å². The lowest BCUT2D eigenvalue weighted by molar-refractivity contribution is -0.0250. The van der Waals surface area contributed by atoms with E-state index in [2.05, 4.69) is 4.90 Å². The Morgan fingerprint density at radius 2 is 2.00 bits per heavy atom. The molecule has 1 amide bonds. The van der Waals surface area contributed by atoms with Crippen molar-refractivity contribution in [1.29, 1.82) is 0 Å². The van der Waals surface area contributed by atoms with Gasteiger partial charge in [-0.1, -0.05) is 6.42 Å². The van der Waals surface area contributed by atoms with E-state index in [4.69, 9.17) is 13.9 Å². The molecule has 3 atom stereocenters. The predicted molar refractivity (Wildman–Crippen MR) is 111 cm³/mol. The molecule has 0 spiro atoms. The average Bonchev–Trinajstić information content (AvgIpc) is 3.08. The summed E-state index contributed by atoms with van der Waals surface area (Å²) < 4.78 is 17.0. The van der Waals surface area contributed by atoms with E-state index in [1.54, 1.807) is 14.2 Å². The second kappa shape index (κ2) is 7.24. The minimum absolute atomic E-state index is 0.0127. The van der Waals surface area contributed by atoms with Crippen LogP contribution in [0.3, 0.4) is 0 Å². The zero-order valence-electron chi connectivity index (χ0n) is 17.6. The minimum atomic E-state index is 0.0127. The van der Waals surface area contributed by atoms with Crippen molar-refractivity contribution in [1.82, 2.24) is 9.80 Å². The molecule has 29 heavy (non-hydrogen) atoms. The van der Waals surface area contributed by atoms with E-state index in [9.17, 15) is 4.79 Å². The van der Waals surface area contributed by atoms with Gasteiger partial charge in [0.2, 0.25) is 5.75 Å². The summed E-state index contributed by atoms with van der Waals surface area (Å²) in [5, 5.41) is 0.904. The average molecular weight is 399 g/mol. The maximum atomic E-state index is 13.5. The number of carbonyl (C=O) groups is 1. The molecule has 156 valence electrons. The molecule has 0 aliphatic carbocycles. The van der Waals surface area contributed by atoms with E-state index in [1.165, 1.54) is 32.2 Å². The monoisotopic (exact) mass is 398 g/mol. The minimum Gasteiger partial charge on any atom is -0.493 e. The molecule has 1 aromatic carbocycles. The van der Waals surface area contributed by atoms with Crippen molar-refractivity contribution in [3.05, 3.63) is 23.5 Å². The van der Waals surface area contributed by atoms with Gasteiger partial charge in [0.25, 0.3) is 5.91 Å². The first-order valence-electron chi connectivity index (χ1n) is 10.8. The van der Waals surface area contributed by atoms with Crippen molar-refractivity contribution < 1.29 is 18.7 Å². The summed E-state index contributed by atoms with van der Waals surface area (Å²) >= 11 is 0. The van der Waals surface area contributed by atoms with Crippen LogP contribution in [-0.4, -0.2) is 62.1 Å². The number of amides is 1. The van der Waals surface area contributed by atoms with Crippen LogP contribution < -0.4 is 9.47 Å². The normalized spacial score (nSPS) is 27.0. The van der Waals surface area contributed by atoms with Gasteiger partial charge < -0.3 is 18.8 Å². The third-order valence-corrected chi connectivity index (χ3v) is 7.20. The number of furan rings is 1. The van der Waals surface area contributed by atoms with Crippen LogP contribution in [0.5, 0.6) is 11.5 Å². The van der Waals surface area contributed by atoms with Crippen LogP contribution in [0, 0.1) is 18.8 Å². The van der Waals surface area contributed by atoms with Gasteiger partial charge in [-0.2, -0.15) is 0 Å². The number of methoxy groups -OCH3 is 2. The second-order valence-corrected chi connectivity index (χ2v) is 8.86. The van der Waals surface area contributed by atoms with Gasteiger partial charge in [0.15, 0.2) is 17.1 Å². The highest BCUT2D eigenvalue weighted by molar-refractivity contribution is 6.01. The van der Waals surface area contributed by atoms with Crippen molar-refractivity contribution in [2.45, 2.75) is 38.6 Å². The molecule has 5 rings (SSSR count). The summed E-state index contributed by atoms with van der Waals surface area (Å²) in [5.41, 5.74) is 1.46. The predicted octanol–water partition coefficient (Wildman–Crippen LogP) is 3.70. The summed E-state index contributed by atoms with van der Waals surface area (Å²) in [4.78, 5) is 18.2. The molecule has 2 aromatic rings. The lowest BCUT2D eigenvalue weighted by Crippen LogP contribution is -2.59. The van der Waals surface area contributed by atoms with E-state index in [1.807, 2.05) is 24.0 Å². The highest BCUT2D eigenvalue weighted by Crippen LogP contribution is 2.41. The van der Waals surface area contributed by atoms with Gasteiger partial charge >= 0.3 is 0 Å². The largest absolute Gasteiger partial charge is 0.493 e. The molecular formula is C23H30N2O4. The van der Waals surface area contributed by atoms with Crippen LogP contribution >= 0.6 is 0 Å². The summed E-state index contributed by atoms with van der Waals surface area (Å²) in [6.45, 7) is 5.99. The fourth-order valence-corrected chi connectivity index (χ4v) is 5.88. The highest BCUT2D eigenvalue weighted by Gasteiger charge is 2.43. The van der Waals surface area contributed by atoms with Crippen LogP contribution in [0.2, 0.25) is 0 Å². The van der Waals surface area contributed by atoms with Crippen molar-refractivity contribution in [3.63, 3.8) is 0 Å². The Morgan fingerprint density at radius 3 is 2.79 bits per heavy atom. The Hall–Kier alpha value is -2.21. The summed E-state index contributed by atoms with van der Waals surface area (Å²) in [5.74, 6) is 2.77. The third kappa shape index (κ3) is 3.00. The van der Waals surface area contributed by atoms with Crippen LogP contribution in [0.4, 0.5) is 0 Å². The van der Waals surface area contributed by atoms with Gasteiger partial charge in [0.1, 0.15) is 0 Å². The fraction of sp³-hybridized carbons (Fsp3) is 0.609. The molecule has 3 aliphatic rings. The molecule has 3 aliphatic heterocycles. The van der Waals surface area contributed by atoms with Crippen LogP contribution in [0.1, 0.15) is 41.8 Å². The molecule has 4 heterocycles. The lowest BCUT2D eigenvalue weighted by atomic mass is 9.76. The number of benzene rings is 1. The SMILES string of the molecule is COc1ccc2c(C)c(C(=O)N3C[C@@H]4C[C@H](C3)[C@@H]3CCCCN3C4)oc2c1OC. The molecule has 0 N–H and O–H groups in total. The third-order valence-electron chi connectivity index (χ3n) is 7.20. The smallest absolute Gasteiger partial charge is 0.289 e. The zero-order valence-corrected chi connectivity index (χ0v) is 17.6. The molecule has 3 saturated heterocycles. The molecule has 1 aromatic heterocycles. The number of nitrogens with zero attached hydrogens (tertiary/aromatic N) is 2. The Bertz CT molecular complexity index is 937. The quantitative estimate of drug-likeness (QED) is 0.789. The van der Waals surface area contributed by atoms with Gasteiger partial charge in [-0.25, -0.2) is 0 Å². The number of carbonyl (C=O) groups excluding carboxylic acids is 1. The van der Waals surface area contributed by atoms with Gasteiger partial charge in [-0.15, -0.1) is 0 Å². The number of piperidine rings is 3. The number of aryl methyl sites for hydroxylation is 1. The number of hydrogen-bond donors (Lipinski definition) is 0. The van der Waals surface area contributed by atoms with Crippen LogP contribution in [-0.2, 0) is 0 Å². The summed E-state index contributed by atoms with van der Waals surface area (Å²) in [6, 6.07) is 4.45. The van der Waals surface area contributed by atoms with Crippen molar-refractivity contribution in [2.24, 2.45) is 11.8 Å². The zero-order chi connectivity index (χ0) is 20.1. The molecule has 6 heteroatoms. The Morgan fingerprint density at radius 1 is 1.14 bits per heavy atom. The van der Waals surface area contributed by atoms with Crippen LogP contribution in [0.25, 0.3) is 11.0 Å². The van der Waals surface area contributed by atoms with Crippen LogP contribution in [0.15, 0.2) is 16.5 Å². The maximum Gasteiger partial charge on any atom is 0.289 e. The molecule has 2 bridgehead atoms. The Balaban J connectivity index is 1.45. The van der Waals surface area contributed by atoms with Gasteiger partial charge in [-0.05, 0) is 56.7 Å². The number of hydrogen-bond acceptors (Lipinski definition) is 5. The number of likely N-dealkylation sites (tertiary alicyclic amines) is 1. The Kier molecular flexibility index (Phi) is 4.69. The van der Waals surface area contributed by atoms with Crippen molar-refractivity contribution in [3.8, 4) is 11.5 Å². The topological polar surface area (TPSA) is 55.2 Å². The fourth-order valence-electron chi connectivity index (χ4n) is 5.88. The van der Waals surface area contributed by atoms with E-state index in [0.717, 1.165) is 30.6 Å². The summed E-state index contributed by atoms with van der Waals surface area (Å²) in [6.07, 6.45) is 5.18. The molecule has 6 nitrogen and oxygen atoms in total.